The van der Waals surface area contributed by atoms with Gasteiger partial charge in [-0.25, -0.2) is 4.98 Å². The van der Waals surface area contributed by atoms with Crippen LogP contribution in [0.5, 0.6) is 0 Å². The second kappa shape index (κ2) is 8.52. The van der Waals surface area contributed by atoms with E-state index in [0.29, 0.717) is 17.2 Å². The first-order valence-corrected chi connectivity index (χ1v) is 11.4. The molecule has 0 spiro atoms. The van der Waals surface area contributed by atoms with Crippen molar-refractivity contribution in [2.75, 3.05) is 11.6 Å². The highest BCUT2D eigenvalue weighted by Crippen LogP contribution is 2.26. The average molecular weight is 423 g/mol. The van der Waals surface area contributed by atoms with E-state index in [-0.39, 0.29) is 17.9 Å². The van der Waals surface area contributed by atoms with Crippen molar-refractivity contribution in [3.05, 3.63) is 59.9 Å². The van der Waals surface area contributed by atoms with Gasteiger partial charge in [-0.15, -0.1) is 11.8 Å². The smallest absolute Gasteiger partial charge is 0.255 e. The van der Waals surface area contributed by atoms with Crippen LogP contribution in [0.4, 0.5) is 0 Å². The number of nitrogens with zero attached hydrogens (tertiary/aromatic N) is 3. The van der Waals surface area contributed by atoms with Crippen molar-refractivity contribution in [1.82, 2.24) is 19.8 Å². The number of hydrogen-bond acceptors (Lipinski definition) is 4. The summed E-state index contributed by atoms with van der Waals surface area (Å²) in [7, 11) is 0. The monoisotopic (exact) mass is 422 g/mol. The van der Waals surface area contributed by atoms with Crippen molar-refractivity contribution in [2.24, 2.45) is 0 Å². The van der Waals surface area contributed by atoms with Gasteiger partial charge in [0.1, 0.15) is 11.9 Å². The van der Waals surface area contributed by atoms with Gasteiger partial charge in [0.15, 0.2) is 0 Å². The molecule has 2 heterocycles. The molecule has 6 nitrogen and oxygen atoms in total. The first kappa shape index (κ1) is 20.5. The Morgan fingerprint density at radius 2 is 2.00 bits per heavy atom. The molecule has 2 unspecified atom stereocenters. The molecule has 0 bridgehead atoms. The number of amides is 2. The fourth-order valence-corrected chi connectivity index (χ4v) is 4.86. The van der Waals surface area contributed by atoms with Gasteiger partial charge in [0.25, 0.3) is 5.91 Å². The largest absolute Gasteiger partial charge is 0.352 e. The predicted octanol–water partition coefficient (Wildman–Crippen LogP) is 3.76. The number of carbonyl (C=O) groups is 2. The third-order valence-electron chi connectivity index (χ3n) is 5.53. The molecule has 1 N–H and O–H groups in total. The van der Waals surface area contributed by atoms with Gasteiger partial charge in [-0.3, -0.25) is 14.2 Å². The molecule has 0 radical (unpaired) electrons. The number of fused-ring (bicyclic) bond motifs is 1. The Kier molecular flexibility index (Phi) is 5.81. The van der Waals surface area contributed by atoms with Crippen molar-refractivity contribution in [1.29, 1.82) is 0 Å². The zero-order valence-electron chi connectivity index (χ0n) is 17.5. The van der Waals surface area contributed by atoms with Crippen LogP contribution in [0.15, 0.2) is 48.5 Å². The van der Waals surface area contributed by atoms with Gasteiger partial charge in [0.2, 0.25) is 5.91 Å². The standard InChI is InChI=1S/C23H26N4O2S/c1-4-15(2)24-22(28)21-13-30-14-26(21)23(29)17-10-11-20-19(12-17)25-16(3)27(20)18-8-6-5-7-9-18/h5-12,15,21H,4,13-14H2,1-3H3,(H,24,28). The topological polar surface area (TPSA) is 67.2 Å². The second-order valence-electron chi connectivity index (χ2n) is 7.64. The first-order chi connectivity index (χ1) is 14.5. The summed E-state index contributed by atoms with van der Waals surface area (Å²) in [5, 5.41) is 3.00. The Morgan fingerprint density at radius 3 is 2.73 bits per heavy atom. The molecule has 30 heavy (non-hydrogen) atoms. The molecule has 2 atom stereocenters. The summed E-state index contributed by atoms with van der Waals surface area (Å²) >= 11 is 1.61. The zero-order valence-corrected chi connectivity index (χ0v) is 18.3. The van der Waals surface area contributed by atoms with Crippen LogP contribution in [0.25, 0.3) is 16.7 Å². The van der Waals surface area contributed by atoms with E-state index in [0.717, 1.165) is 29.0 Å². The molecule has 0 saturated carbocycles. The summed E-state index contributed by atoms with van der Waals surface area (Å²) < 4.78 is 2.08. The molecular formula is C23H26N4O2S. The minimum atomic E-state index is -0.434. The maximum absolute atomic E-state index is 13.2. The molecule has 2 aromatic carbocycles. The molecular weight excluding hydrogens is 396 g/mol. The van der Waals surface area contributed by atoms with Crippen LogP contribution in [-0.2, 0) is 4.79 Å². The molecule has 7 heteroatoms. The number of thioether (sulfide) groups is 1. The van der Waals surface area contributed by atoms with Crippen molar-refractivity contribution in [3.63, 3.8) is 0 Å². The third-order valence-corrected chi connectivity index (χ3v) is 6.54. The van der Waals surface area contributed by atoms with E-state index in [1.807, 2.05) is 69.3 Å². The molecule has 0 aliphatic carbocycles. The number of aromatic nitrogens is 2. The number of para-hydroxylation sites is 1. The Bertz CT molecular complexity index is 1080. The average Bonchev–Trinajstić information content (AvgIpc) is 3.37. The molecule has 1 fully saturated rings. The first-order valence-electron chi connectivity index (χ1n) is 10.2. The van der Waals surface area contributed by atoms with Crippen LogP contribution in [0.3, 0.4) is 0 Å². The lowest BCUT2D eigenvalue weighted by molar-refractivity contribution is -0.125. The van der Waals surface area contributed by atoms with Gasteiger partial charge in [-0.05, 0) is 50.6 Å². The van der Waals surface area contributed by atoms with Crippen molar-refractivity contribution < 1.29 is 9.59 Å². The Balaban J connectivity index is 1.62. The van der Waals surface area contributed by atoms with Gasteiger partial charge in [0, 0.05) is 23.0 Å². The number of carbonyl (C=O) groups excluding carboxylic acids is 2. The minimum absolute atomic E-state index is 0.0759. The van der Waals surface area contributed by atoms with Crippen LogP contribution >= 0.6 is 11.8 Å². The lowest BCUT2D eigenvalue weighted by Crippen LogP contribution is -2.49. The van der Waals surface area contributed by atoms with Gasteiger partial charge in [-0.2, -0.15) is 0 Å². The van der Waals surface area contributed by atoms with Crippen LogP contribution in [0.2, 0.25) is 0 Å². The zero-order chi connectivity index (χ0) is 21.3. The molecule has 156 valence electrons. The van der Waals surface area contributed by atoms with E-state index in [1.165, 1.54) is 0 Å². The molecule has 3 aromatic rings. The summed E-state index contributed by atoms with van der Waals surface area (Å²) in [6, 6.07) is 15.3. The normalized spacial score (nSPS) is 17.3. The third kappa shape index (κ3) is 3.81. The highest BCUT2D eigenvalue weighted by Gasteiger charge is 2.35. The summed E-state index contributed by atoms with van der Waals surface area (Å²) in [6.45, 7) is 5.97. The van der Waals surface area contributed by atoms with Gasteiger partial charge < -0.3 is 10.2 Å². The van der Waals surface area contributed by atoms with E-state index in [9.17, 15) is 9.59 Å². The number of aryl methyl sites for hydroxylation is 1. The van der Waals surface area contributed by atoms with E-state index >= 15 is 0 Å². The highest BCUT2D eigenvalue weighted by atomic mass is 32.2. The lowest BCUT2D eigenvalue weighted by atomic mass is 10.1. The van der Waals surface area contributed by atoms with Gasteiger partial charge >= 0.3 is 0 Å². The van der Waals surface area contributed by atoms with Gasteiger partial charge in [0.05, 0.1) is 16.9 Å². The Hall–Kier alpha value is -2.80. The molecule has 4 rings (SSSR count). The van der Waals surface area contributed by atoms with E-state index < -0.39 is 6.04 Å². The fraction of sp³-hybridized carbons (Fsp3) is 0.348. The minimum Gasteiger partial charge on any atom is -0.352 e. The SMILES string of the molecule is CCC(C)NC(=O)C1CSCN1C(=O)c1ccc2c(c1)nc(C)n2-c1ccccc1. The van der Waals surface area contributed by atoms with Crippen LogP contribution < -0.4 is 5.32 Å². The fourth-order valence-electron chi connectivity index (χ4n) is 3.70. The van der Waals surface area contributed by atoms with Crippen molar-refractivity contribution in [3.8, 4) is 5.69 Å². The molecule has 1 saturated heterocycles. The number of imidazole rings is 1. The summed E-state index contributed by atoms with van der Waals surface area (Å²) in [4.78, 5) is 32.2. The van der Waals surface area contributed by atoms with Crippen molar-refractivity contribution >= 4 is 34.6 Å². The maximum Gasteiger partial charge on any atom is 0.255 e. The molecule has 1 aliphatic heterocycles. The van der Waals surface area contributed by atoms with E-state index in [2.05, 4.69) is 14.9 Å². The van der Waals surface area contributed by atoms with E-state index in [1.54, 1.807) is 16.7 Å². The van der Waals surface area contributed by atoms with Crippen LogP contribution in [-0.4, -0.2) is 50.0 Å². The predicted molar refractivity (Wildman–Crippen MR) is 121 cm³/mol. The molecule has 1 aliphatic rings. The molecule has 2 amide bonds. The lowest BCUT2D eigenvalue weighted by Gasteiger charge is -2.24. The quantitative estimate of drug-likeness (QED) is 0.680. The van der Waals surface area contributed by atoms with Gasteiger partial charge in [-0.1, -0.05) is 25.1 Å². The number of hydrogen-bond donors (Lipinski definition) is 1. The number of nitrogens with one attached hydrogen (secondary N) is 1. The summed E-state index contributed by atoms with van der Waals surface area (Å²) in [5.41, 5.74) is 3.32. The van der Waals surface area contributed by atoms with Crippen LogP contribution in [0, 0.1) is 6.92 Å². The summed E-state index contributed by atoms with van der Waals surface area (Å²) in [6.07, 6.45) is 0.861. The summed E-state index contributed by atoms with van der Waals surface area (Å²) in [5.74, 6) is 1.81. The van der Waals surface area contributed by atoms with Crippen molar-refractivity contribution in [2.45, 2.75) is 39.3 Å². The maximum atomic E-state index is 13.2. The molecule has 1 aromatic heterocycles. The number of benzene rings is 2. The number of rotatable bonds is 5. The Labute approximate surface area is 180 Å². The Morgan fingerprint density at radius 1 is 1.23 bits per heavy atom. The highest BCUT2D eigenvalue weighted by molar-refractivity contribution is 7.99. The second-order valence-corrected chi connectivity index (χ2v) is 8.64. The van der Waals surface area contributed by atoms with E-state index in [4.69, 9.17) is 0 Å². The van der Waals surface area contributed by atoms with Crippen LogP contribution in [0.1, 0.15) is 36.5 Å².